The minimum atomic E-state index is -0.619. The number of halogens is 1. The molecule has 0 nitrogen and oxygen atoms in total. The smallest absolute Gasteiger partial charge is 0.100 e. The van der Waals surface area contributed by atoms with Gasteiger partial charge in [0.15, 0.2) is 0 Å². The third-order valence-electron chi connectivity index (χ3n) is 4.04. The lowest BCUT2D eigenvalue weighted by Crippen LogP contribution is -2.28. The van der Waals surface area contributed by atoms with E-state index in [1.165, 1.54) is 6.42 Å². The summed E-state index contributed by atoms with van der Waals surface area (Å²) in [4.78, 5) is 0. The summed E-state index contributed by atoms with van der Waals surface area (Å²) in [6.07, 6.45) is 1.72. The van der Waals surface area contributed by atoms with E-state index in [4.69, 9.17) is 0 Å². The SMILES string of the molecule is CC(C)C1CCC(C(C)F)C1C(C)C. The Labute approximate surface area is 88.3 Å². The minimum Gasteiger partial charge on any atom is -0.247 e. The van der Waals surface area contributed by atoms with Crippen LogP contribution < -0.4 is 0 Å². The van der Waals surface area contributed by atoms with Gasteiger partial charge in [0.25, 0.3) is 0 Å². The van der Waals surface area contributed by atoms with Crippen molar-refractivity contribution in [3.05, 3.63) is 0 Å². The predicted octanol–water partition coefficient (Wildman–Crippen LogP) is 4.30. The Kier molecular flexibility index (Phi) is 3.97. The molecule has 0 bridgehead atoms. The molecule has 14 heavy (non-hydrogen) atoms. The molecule has 0 spiro atoms. The summed E-state index contributed by atoms with van der Waals surface area (Å²) in [6, 6.07) is 0. The van der Waals surface area contributed by atoms with Gasteiger partial charge in [0.1, 0.15) is 6.17 Å². The normalized spacial score (nSPS) is 35.6. The van der Waals surface area contributed by atoms with Crippen molar-refractivity contribution in [3.8, 4) is 0 Å². The van der Waals surface area contributed by atoms with E-state index >= 15 is 0 Å². The summed E-state index contributed by atoms with van der Waals surface area (Å²) in [7, 11) is 0. The first-order valence-corrected chi connectivity index (χ1v) is 6.09. The molecule has 0 aromatic carbocycles. The summed E-state index contributed by atoms with van der Waals surface area (Å²) in [5.41, 5.74) is 0. The number of rotatable bonds is 3. The van der Waals surface area contributed by atoms with Crippen molar-refractivity contribution in [1.29, 1.82) is 0 Å². The lowest BCUT2D eigenvalue weighted by atomic mass is 9.75. The highest BCUT2D eigenvalue weighted by atomic mass is 19.1. The molecule has 0 aromatic rings. The van der Waals surface area contributed by atoms with Crippen LogP contribution in [0.4, 0.5) is 4.39 Å². The second-order valence-corrected chi connectivity index (χ2v) is 5.65. The topological polar surface area (TPSA) is 0 Å². The van der Waals surface area contributed by atoms with E-state index in [1.54, 1.807) is 6.92 Å². The van der Waals surface area contributed by atoms with Crippen LogP contribution >= 0.6 is 0 Å². The fourth-order valence-electron chi connectivity index (χ4n) is 3.39. The van der Waals surface area contributed by atoms with E-state index in [2.05, 4.69) is 27.7 Å². The quantitative estimate of drug-likeness (QED) is 0.637. The average molecular weight is 200 g/mol. The van der Waals surface area contributed by atoms with Gasteiger partial charge in [0.05, 0.1) is 0 Å². The molecule has 1 rings (SSSR count). The van der Waals surface area contributed by atoms with Gasteiger partial charge in [-0.05, 0) is 49.4 Å². The second-order valence-electron chi connectivity index (χ2n) is 5.65. The average Bonchev–Trinajstić information content (AvgIpc) is 2.46. The molecule has 0 heterocycles. The molecule has 0 saturated heterocycles. The highest BCUT2D eigenvalue weighted by molar-refractivity contribution is 4.90. The summed E-state index contributed by atoms with van der Waals surface area (Å²) in [5, 5.41) is 0. The van der Waals surface area contributed by atoms with Crippen LogP contribution in [0.1, 0.15) is 47.5 Å². The van der Waals surface area contributed by atoms with Crippen LogP contribution in [-0.4, -0.2) is 6.17 Å². The first-order chi connectivity index (χ1) is 6.45. The number of hydrogen-bond acceptors (Lipinski definition) is 0. The molecular weight excluding hydrogens is 175 g/mol. The zero-order valence-electron chi connectivity index (χ0n) is 10.3. The molecule has 1 heteroatoms. The van der Waals surface area contributed by atoms with Crippen molar-refractivity contribution >= 4 is 0 Å². The van der Waals surface area contributed by atoms with Crippen molar-refractivity contribution in [1.82, 2.24) is 0 Å². The summed E-state index contributed by atoms with van der Waals surface area (Å²) < 4.78 is 13.5. The first-order valence-electron chi connectivity index (χ1n) is 6.09. The van der Waals surface area contributed by atoms with E-state index in [0.29, 0.717) is 23.7 Å². The van der Waals surface area contributed by atoms with Gasteiger partial charge in [-0.25, -0.2) is 4.39 Å². The molecule has 0 radical (unpaired) electrons. The Hall–Kier alpha value is -0.0700. The number of hydrogen-bond donors (Lipinski definition) is 0. The fourth-order valence-corrected chi connectivity index (χ4v) is 3.39. The van der Waals surface area contributed by atoms with Crippen molar-refractivity contribution in [3.63, 3.8) is 0 Å². The largest absolute Gasteiger partial charge is 0.247 e. The van der Waals surface area contributed by atoms with Gasteiger partial charge in [-0.3, -0.25) is 0 Å². The Morgan fingerprint density at radius 2 is 1.36 bits per heavy atom. The van der Waals surface area contributed by atoms with Crippen LogP contribution in [-0.2, 0) is 0 Å². The Bertz CT molecular complexity index is 156. The zero-order valence-corrected chi connectivity index (χ0v) is 10.3. The Morgan fingerprint density at radius 3 is 1.71 bits per heavy atom. The maximum Gasteiger partial charge on any atom is 0.100 e. The molecular formula is C13H25F. The third kappa shape index (κ3) is 2.29. The first kappa shape index (κ1) is 12.0. The molecule has 1 fully saturated rings. The van der Waals surface area contributed by atoms with Crippen molar-refractivity contribution in [2.45, 2.75) is 53.6 Å². The predicted molar refractivity (Wildman–Crippen MR) is 60.0 cm³/mol. The van der Waals surface area contributed by atoms with E-state index in [1.807, 2.05) is 0 Å². The summed E-state index contributed by atoms with van der Waals surface area (Å²) in [6.45, 7) is 10.8. The highest BCUT2D eigenvalue weighted by Gasteiger charge is 2.41. The molecule has 0 aromatic heterocycles. The highest BCUT2D eigenvalue weighted by Crippen LogP contribution is 2.46. The molecule has 1 aliphatic carbocycles. The van der Waals surface area contributed by atoms with E-state index in [0.717, 1.165) is 12.3 Å². The van der Waals surface area contributed by atoms with Gasteiger partial charge in [0, 0.05) is 0 Å². The maximum absolute atomic E-state index is 13.5. The molecule has 0 aliphatic heterocycles. The molecule has 1 aliphatic rings. The lowest BCUT2D eigenvalue weighted by molar-refractivity contribution is 0.127. The van der Waals surface area contributed by atoms with Gasteiger partial charge < -0.3 is 0 Å². The lowest BCUT2D eigenvalue weighted by Gasteiger charge is -2.31. The molecule has 0 amide bonds. The van der Waals surface area contributed by atoms with Crippen LogP contribution in [0.15, 0.2) is 0 Å². The summed E-state index contributed by atoms with van der Waals surface area (Å²) in [5.74, 6) is 3.02. The molecule has 4 atom stereocenters. The van der Waals surface area contributed by atoms with Crippen molar-refractivity contribution in [2.75, 3.05) is 0 Å². The third-order valence-corrected chi connectivity index (χ3v) is 4.04. The summed E-state index contributed by atoms with van der Waals surface area (Å²) >= 11 is 0. The second kappa shape index (κ2) is 4.63. The fraction of sp³-hybridized carbons (Fsp3) is 1.00. The van der Waals surface area contributed by atoms with Crippen LogP contribution in [0, 0.1) is 29.6 Å². The van der Waals surface area contributed by atoms with E-state index < -0.39 is 6.17 Å². The minimum absolute atomic E-state index is 0.322. The monoisotopic (exact) mass is 200 g/mol. The van der Waals surface area contributed by atoms with Crippen LogP contribution in [0.5, 0.6) is 0 Å². The van der Waals surface area contributed by atoms with Gasteiger partial charge in [-0.1, -0.05) is 27.7 Å². The van der Waals surface area contributed by atoms with E-state index in [9.17, 15) is 4.39 Å². The molecule has 84 valence electrons. The van der Waals surface area contributed by atoms with Gasteiger partial charge in [-0.2, -0.15) is 0 Å². The standard InChI is InChI=1S/C13H25F/c1-8(2)11-6-7-12(10(5)14)13(11)9(3)4/h8-13H,6-7H2,1-5H3. The Balaban J connectivity index is 2.74. The van der Waals surface area contributed by atoms with Gasteiger partial charge in [-0.15, -0.1) is 0 Å². The molecule has 1 saturated carbocycles. The zero-order chi connectivity index (χ0) is 10.9. The van der Waals surface area contributed by atoms with E-state index in [-0.39, 0.29) is 0 Å². The van der Waals surface area contributed by atoms with Crippen molar-refractivity contribution < 1.29 is 4.39 Å². The Morgan fingerprint density at radius 1 is 0.857 bits per heavy atom. The maximum atomic E-state index is 13.5. The molecule has 0 N–H and O–H groups in total. The molecule has 4 unspecified atom stereocenters. The van der Waals surface area contributed by atoms with Gasteiger partial charge >= 0.3 is 0 Å². The van der Waals surface area contributed by atoms with Crippen LogP contribution in [0.25, 0.3) is 0 Å². The van der Waals surface area contributed by atoms with Crippen molar-refractivity contribution in [2.24, 2.45) is 29.6 Å². The number of alkyl halides is 1. The van der Waals surface area contributed by atoms with Crippen LogP contribution in [0.2, 0.25) is 0 Å². The van der Waals surface area contributed by atoms with Crippen LogP contribution in [0.3, 0.4) is 0 Å². The van der Waals surface area contributed by atoms with Gasteiger partial charge in [0.2, 0.25) is 0 Å².